The number of hydrogen-bond acceptors (Lipinski definition) is 2. The Hall–Kier alpha value is -0.370. The van der Waals surface area contributed by atoms with Crippen molar-refractivity contribution in [1.82, 2.24) is 0 Å². The van der Waals surface area contributed by atoms with E-state index in [0.717, 1.165) is 31.0 Å². The summed E-state index contributed by atoms with van der Waals surface area (Å²) >= 11 is 0. The summed E-state index contributed by atoms with van der Waals surface area (Å²) in [7, 11) is 0. The highest BCUT2D eigenvalue weighted by atomic mass is 16.1. The molecule has 2 N–H and O–H groups in total. The van der Waals surface area contributed by atoms with Crippen LogP contribution in [-0.4, -0.2) is 11.8 Å². The molecule has 0 aromatic carbocycles. The van der Waals surface area contributed by atoms with E-state index >= 15 is 0 Å². The van der Waals surface area contributed by atoms with Gasteiger partial charge in [-0.3, -0.25) is 0 Å². The minimum absolute atomic E-state index is 0.101. The smallest absolute Gasteiger partial charge is 0.125 e. The second kappa shape index (κ2) is 2.35. The van der Waals surface area contributed by atoms with E-state index in [1.807, 2.05) is 0 Å². The van der Waals surface area contributed by atoms with Crippen LogP contribution in [-0.2, 0) is 4.79 Å². The molecular weight excluding hydrogens is 162 g/mol. The van der Waals surface area contributed by atoms with Crippen LogP contribution in [0.4, 0.5) is 0 Å². The molecule has 0 amide bonds. The quantitative estimate of drug-likeness (QED) is 0.617. The molecule has 0 aromatic rings. The summed E-state index contributed by atoms with van der Waals surface area (Å²) in [6.45, 7) is 0. The molecule has 4 aliphatic rings. The molecule has 0 aliphatic heterocycles. The molecule has 0 heterocycles. The first-order valence-electron chi connectivity index (χ1n) is 5.45. The normalized spacial score (nSPS) is 58.2. The van der Waals surface area contributed by atoms with Gasteiger partial charge in [-0.05, 0) is 49.9 Å². The third-order valence-electron chi connectivity index (χ3n) is 4.59. The van der Waals surface area contributed by atoms with Crippen LogP contribution in [0.25, 0.3) is 0 Å². The maximum atomic E-state index is 11.0. The van der Waals surface area contributed by atoms with Crippen molar-refractivity contribution in [3.63, 3.8) is 0 Å². The first kappa shape index (κ1) is 7.98. The zero-order chi connectivity index (χ0) is 9.05. The van der Waals surface area contributed by atoms with Crippen molar-refractivity contribution in [2.45, 2.75) is 37.6 Å². The van der Waals surface area contributed by atoms with Crippen molar-refractivity contribution in [2.24, 2.45) is 29.4 Å². The lowest BCUT2D eigenvalue weighted by atomic mass is 9.49. The van der Waals surface area contributed by atoms with Crippen molar-refractivity contribution in [3.8, 4) is 0 Å². The summed E-state index contributed by atoms with van der Waals surface area (Å²) in [4.78, 5) is 11.0. The van der Waals surface area contributed by atoms with Crippen molar-refractivity contribution >= 4 is 6.29 Å². The molecule has 3 atom stereocenters. The van der Waals surface area contributed by atoms with Gasteiger partial charge in [0.2, 0.25) is 0 Å². The third-order valence-corrected chi connectivity index (χ3v) is 4.59. The molecule has 2 heteroatoms. The third kappa shape index (κ3) is 0.954. The number of hydrogen-bond donors (Lipinski definition) is 1. The minimum Gasteiger partial charge on any atom is -0.324 e. The molecular formula is C11H17NO. The molecule has 0 saturated heterocycles. The summed E-state index contributed by atoms with van der Waals surface area (Å²) in [5, 5.41) is 0. The van der Waals surface area contributed by atoms with Crippen LogP contribution in [0, 0.1) is 23.7 Å². The fraction of sp³-hybridized carbons (Fsp3) is 0.909. The second-order valence-corrected chi connectivity index (χ2v) is 5.50. The Morgan fingerprint density at radius 2 is 1.77 bits per heavy atom. The largest absolute Gasteiger partial charge is 0.324 e. The summed E-state index contributed by atoms with van der Waals surface area (Å²) < 4.78 is 0. The van der Waals surface area contributed by atoms with Crippen molar-refractivity contribution in [2.75, 3.05) is 0 Å². The molecule has 3 unspecified atom stereocenters. The van der Waals surface area contributed by atoms with Gasteiger partial charge in [-0.1, -0.05) is 0 Å². The Morgan fingerprint density at radius 1 is 1.15 bits per heavy atom. The maximum Gasteiger partial charge on any atom is 0.125 e. The van der Waals surface area contributed by atoms with E-state index in [1.165, 1.54) is 19.3 Å². The van der Waals surface area contributed by atoms with E-state index in [-0.39, 0.29) is 11.5 Å². The van der Waals surface area contributed by atoms with Crippen molar-refractivity contribution in [3.05, 3.63) is 0 Å². The van der Waals surface area contributed by atoms with Crippen LogP contribution < -0.4 is 5.73 Å². The van der Waals surface area contributed by atoms with E-state index in [0.29, 0.717) is 5.92 Å². The maximum absolute atomic E-state index is 11.0. The van der Waals surface area contributed by atoms with Crippen LogP contribution >= 0.6 is 0 Å². The van der Waals surface area contributed by atoms with E-state index in [1.54, 1.807) is 0 Å². The summed E-state index contributed by atoms with van der Waals surface area (Å²) in [5.74, 6) is 2.51. The average Bonchev–Trinajstić information content (AvgIpc) is 2.00. The monoisotopic (exact) mass is 179 g/mol. The van der Waals surface area contributed by atoms with Crippen LogP contribution in [0.2, 0.25) is 0 Å². The molecule has 2 nitrogen and oxygen atoms in total. The fourth-order valence-electron chi connectivity index (χ4n) is 4.39. The van der Waals surface area contributed by atoms with Gasteiger partial charge in [0.25, 0.3) is 0 Å². The minimum atomic E-state index is -0.101. The Morgan fingerprint density at radius 3 is 2.23 bits per heavy atom. The van der Waals surface area contributed by atoms with E-state index < -0.39 is 0 Å². The second-order valence-electron chi connectivity index (χ2n) is 5.50. The Kier molecular flexibility index (Phi) is 1.44. The Balaban J connectivity index is 1.98. The van der Waals surface area contributed by atoms with Gasteiger partial charge in [-0.2, -0.15) is 0 Å². The lowest BCUT2D eigenvalue weighted by molar-refractivity contribution is -0.125. The average molecular weight is 179 g/mol. The highest BCUT2D eigenvalue weighted by Crippen LogP contribution is 2.56. The molecule has 0 aromatic heterocycles. The zero-order valence-electron chi connectivity index (χ0n) is 7.91. The lowest BCUT2D eigenvalue weighted by Gasteiger charge is -2.58. The summed E-state index contributed by atoms with van der Waals surface area (Å²) in [5.41, 5.74) is 6.24. The molecule has 4 saturated carbocycles. The van der Waals surface area contributed by atoms with Gasteiger partial charge in [0.1, 0.15) is 6.29 Å². The topological polar surface area (TPSA) is 43.1 Å². The van der Waals surface area contributed by atoms with E-state index in [2.05, 4.69) is 0 Å². The van der Waals surface area contributed by atoms with Gasteiger partial charge in [-0.15, -0.1) is 0 Å². The van der Waals surface area contributed by atoms with Crippen LogP contribution in [0.1, 0.15) is 32.1 Å². The van der Waals surface area contributed by atoms with Crippen LogP contribution in [0.3, 0.4) is 0 Å². The van der Waals surface area contributed by atoms with Gasteiger partial charge >= 0.3 is 0 Å². The number of carbonyl (C=O) groups is 1. The molecule has 0 radical (unpaired) electrons. The molecule has 4 aliphatic carbocycles. The molecule has 13 heavy (non-hydrogen) atoms. The Bertz CT molecular complexity index is 236. The molecule has 4 fully saturated rings. The number of aldehydes is 1. The number of carbonyl (C=O) groups excluding carboxylic acids is 1. The molecule has 4 rings (SSSR count). The number of nitrogens with two attached hydrogens (primary N) is 1. The predicted octanol–water partition coefficient (Wildman–Crippen LogP) is 1.34. The van der Waals surface area contributed by atoms with Gasteiger partial charge < -0.3 is 10.5 Å². The lowest BCUT2D eigenvalue weighted by Crippen LogP contribution is -2.62. The van der Waals surface area contributed by atoms with Crippen LogP contribution in [0.5, 0.6) is 0 Å². The zero-order valence-corrected chi connectivity index (χ0v) is 7.91. The van der Waals surface area contributed by atoms with Gasteiger partial charge in [0.15, 0.2) is 0 Å². The van der Waals surface area contributed by atoms with E-state index in [4.69, 9.17) is 5.73 Å². The fourth-order valence-corrected chi connectivity index (χ4v) is 4.39. The standard InChI is InChI=1S/C11H17NO/c12-11-4-7-1-8(5-11)3-9(2-7)10(11)6-13/h6-10H,1-5,12H2. The van der Waals surface area contributed by atoms with Gasteiger partial charge in [0.05, 0.1) is 0 Å². The first-order chi connectivity index (χ1) is 6.21. The SMILES string of the molecule is NC12CC3CC(CC(C3)C1C=O)C2. The van der Waals surface area contributed by atoms with Gasteiger partial charge in [0, 0.05) is 11.5 Å². The Labute approximate surface area is 78.9 Å². The number of rotatable bonds is 1. The van der Waals surface area contributed by atoms with E-state index in [9.17, 15) is 4.79 Å². The van der Waals surface area contributed by atoms with Crippen molar-refractivity contribution in [1.29, 1.82) is 0 Å². The summed E-state index contributed by atoms with van der Waals surface area (Å²) in [6, 6.07) is 0. The molecule has 72 valence electrons. The van der Waals surface area contributed by atoms with Crippen LogP contribution in [0.15, 0.2) is 0 Å². The van der Waals surface area contributed by atoms with Crippen molar-refractivity contribution < 1.29 is 4.79 Å². The predicted molar refractivity (Wildman–Crippen MR) is 50.0 cm³/mol. The highest BCUT2D eigenvalue weighted by Gasteiger charge is 2.54. The first-order valence-corrected chi connectivity index (χ1v) is 5.45. The van der Waals surface area contributed by atoms with Gasteiger partial charge in [-0.25, -0.2) is 0 Å². The highest BCUT2D eigenvalue weighted by molar-refractivity contribution is 5.58. The summed E-state index contributed by atoms with van der Waals surface area (Å²) in [6.07, 6.45) is 7.31. The molecule has 4 bridgehead atoms. The molecule has 0 spiro atoms.